The predicted octanol–water partition coefficient (Wildman–Crippen LogP) is 3.81. The third-order valence-corrected chi connectivity index (χ3v) is 3.66. The van der Waals surface area contributed by atoms with Gasteiger partial charge in [-0.2, -0.15) is 0 Å². The number of aromatic nitrogens is 1. The Morgan fingerprint density at radius 3 is 2.50 bits per heavy atom. The van der Waals surface area contributed by atoms with E-state index in [1.165, 1.54) is 6.20 Å². The molecule has 0 fully saturated rings. The van der Waals surface area contributed by atoms with E-state index in [1.54, 1.807) is 24.4 Å². The first-order valence-electron chi connectivity index (χ1n) is 4.89. The van der Waals surface area contributed by atoms with Crippen LogP contribution < -0.4 is 5.73 Å². The Kier molecular flexibility index (Phi) is 3.76. The van der Waals surface area contributed by atoms with Crippen molar-refractivity contribution in [2.24, 2.45) is 5.73 Å². The second-order valence-electron chi connectivity index (χ2n) is 3.55. The monoisotopic (exact) mass is 300 g/mol. The molecule has 0 aliphatic rings. The smallest absolute Gasteiger partial charge is 0.250 e. The van der Waals surface area contributed by atoms with Crippen LogP contribution in [0.1, 0.15) is 10.4 Å². The lowest BCUT2D eigenvalue weighted by Gasteiger charge is -2.07. The molecular weight excluding hydrogens is 295 g/mol. The predicted molar refractivity (Wildman–Crippen MR) is 73.2 cm³/mol. The molecule has 1 amide bonds. The molecule has 2 N–H and O–H groups in total. The lowest BCUT2D eigenvalue weighted by Crippen LogP contribution is -2.11. The fraction of sp³-hybridized carbons (Fsp3) is 0. The van der Waals surface area contributed by atoms with Crippen molar-refractivity contribution in [3.8, 4) is 11.1 Å². The van der Waals surface area contributed by atoms with Gasteiger partial charge in [0.2, 0.25) is 5.91 Å². The van der Waals surface area contributed by atoms with Crippen LogP contribution >= 0.6 is 34.8 Å². The van der Waals surface area contributed by atoms with Crippen LogP contribution in [0.25, 0.3) is 11.1 Å². The van der Waals surface area contributed by atoms with Crippen molar-refractivity contribution < 1.29 is 4.79 Å². The number of carbonyl (C=O) groups excluding carboxylic acids is 1. The van der Waals surface area contributed by atoms with Crippen molar-refractivity contribution in [2.45, 2.75) is 0 Å². The molecule has 0 radical (unpaired) electrons. The minimum atomic E-state index is -0.555. The molecule has 18 heavy (non-hydrogen) atoms. The summed E-state index contributed by atoms with van der Waals surface area (Å²) in [5.74, 6) is -0.555. The van der Waals surface area contributed by atoms with E-state index in [0.29, 0.717) is 26.7 Å². The molecule has 3 nitrogen and oxygen atoms in total. The molecule has 0 unspecified atom stereocenters. The van der Waals surface area contributed by atoms with Gasteiger partial charge in [-0.1, -0.05) is 40.9 Å². The zero-order chi connectivity index (χ0) is 13.3. The van der Waals surface area contributed by atoms with E-state index in [1.807, 2.05) is 0 Å². The van der Waals surface area contributed by atoms with Crippen molar-refractivity contribution >= 4 is 40.7 Å². The molecular formula is C12H7Cl3N2O. The van der Waals surface area contributed by atoms with Gasteiger partial charge in [-0.15, -0.1) is 0 Å². The van der Waals surface area contributed by atoms with Crippen LogP contribution in [0.2, 0.25) is 15.1 Å². The van der Waals surface area contributed by atoms with Crippen molar-refractivity contribution in [1.29, 1.82) is 0 Å². The summed E-state index contributed by atoms with van der Waals surface area (Å²) in [7, 11) is 0. The van der Waals surface area contributed by atoms with Crippen LogP contribution in [-0.4, -0.2) is 10.9 Å². The van der Waals surface area contributed by atoms with Gasteiger partial charge < -0.3 is 5.73 Å². The van der Waals surface area contributed by atoms with E-state index in [4.69, 9.17) is 40.5 Å². The molecule has 2 rings (SSSR count). The molecule has 0 spiro atoms. The highest BCUT2D eigenvalue weighted by Gasteiger charge is 2.12. The van der Waals surface area contributed by atoms with Crippen LogP contribution in [0.15, 0.2) is 30.6 Å². The average Bonchev–Trinajstić information content (AvgIpc) is 2.36. The molecule has 92 valence electrons. The molecule has 6 heteroatoms. The first-order chi connectivity index (χ1) is 8.50. The maximum atomic E-state index is 11.1. The number of amides is 1. The number of hydrogen-bond donors (Lipinski definition) is 1. The molecule has 1 heterocycles. The van der Waals surface area contributed by atoms with E-state index in [2.05, 4.69) is 4.98 Å². The number of benzene rings is 1. The summed E-state index contributed by atoms with van der Waals surface area (Å²) in [6, 6.07) is 4.93. The number of rotatable bonds is 2. The van der Waals surface area contributed by atoms with E-state index in [9.17, 15) is 4.79 Å². The Morgan fingerprint density at radius 2 is 1.83 bits per heavy atom. The first-order valence-corrected chi connectivity index (χ1v) is 6.03. The van der Waals surface area contributed by atoms with E-state index < -0.39 is 5.91 Å². The van der Waals surface area contributed by atoms with E-state index in [-0.39, 0.29) is 5.02 Å². The summed E-state index contributed by atoms with van der Waals surface area (Å²) in [5.41, 5.74) is 6.78. The SMILES string of the molecule is NC(=O)c1cncc(-c2ccc(Cl)c(Cl)c2Cl)c1. The van der Waals surface area contributed by atoms with Crippen LogP contribution in [0.4, 0.5) is 0 Å². The largest absolute Gasteiger partial charge is 0.366 e. The molecule has 0 aliphatic heterocycles. The fourth-order valence-electron chi connectivity index (χ4n) is 1.47. The normalized spacial score (nSPS) is 10.4. The van der Waals surface area contributed by atoms with Crippen molar-refractivity contribution in [2.75, 3.05) is 0 Å². The van der Waals surface area contributed by atoms with Crippen molar-refractivity contribution in [3.63, 3.8) is 0 Å². The Balaban J connectivity index is 2.59. The Morgan fingerprint density at radius 1 is 1.11 bits per heavy atom. The molecule has 1 aromatic heterocycles. The van der Waals surface area contributed by atoms with Gasteiger partial charge in [-0.25, -0.2) is 0 Å². The first kappa shape index (κ1) is 13.1. The van der Waals surface area contributed by atoms with Gasteiger partial charge in [0, 0.05) is 23.5 Å². The Hall–Kier alpha value is -1.29. The van der Waals surface area contributed by atoms with Crippen molar-refractivity contribution in [1.82, 2.24) is 4.98 Å². The lowest BCUT2D eigenvalue weighted by atomic mass is 10.1. The maximum Gasteiger partial charge on any atom is 0.250 e. The minimum Gasteiger partial charge on any atom is -0.366 e. The van der Waals surface area contributed by atoms with Gasteiger partial charge in [-0.3, -0.25) is 9.78 Å². The van der Waals surface area contributed by atoms with Gasteiger partial charge in [0.1, 0.15) is 0 Å². The standard InChI is InChI=1S/C12H7Cl3N2O/c13-9-2-1-8(10(14)11(9)15)6-3-7(12(16)18)5-17-4-6/h1-5H,(H2,16,18). The summed E-state index contributed by atoms with van der Waals surface area (Å²) >= 11 is 17.9. The van der Waals surface area contributed by atoms with Gasteiger partial charge >= 0.3 is 0 Å². The topological polar surface area (TPSA) is 56.0 Å². The molecule has 0 saturated carbocycles. The van der Waals surface area contributed by atoms with Crippen LogP contribution in [0.3, 0.4) is 0 Å². The van der Waals surface area contributed by atoms with Gasteiger partial charge in [0.05, 0.1) is 20.6 Å². The summed E-state index contributed by atoms with van der Waals surface area (Å²) in [6.45, 7) is 0. The maximum absolute atomic E-state index is 11.1. The third kappa shape index (κ3) is 2.43. The van der Waals surface area contributed by atoms with Crippen LogP contribution in [0.5, 0.6) is 0 Å². The fourth-order valence-corrected chi connectivity index (χ4v) is 2.12. The molecule has 0 saturated heterocycles. The number of primary amides is 1. The average molecular weight is 302 g/mol. The van der Waals surface area contributed by atoms with Gasteiger partial charge in [0.15, 0.2) is 0 Å². The quantitative estimate of drug-likeness (QED) is 0.858. The summed E-state index contributed by atoms with van der Waals surface area (Å²) < 4.78 is 0. The number of pyridine rings is 1. The van der Waals surface area contributed by atoms with E-state index in [0.717, 1.165) is 0 Å². The number of carbonyl (C=O) groups is 1. The number of hydrogen-bond acceptors (Lipinski definition) is 2. The molecule has 1 aromatic carbocycles. The molecule has 0 atom stereocenters. The minimum absolute atomic E-state index is 0.264. The van der Waals surface area contributed by atoms with Crippen molar-refractivity contribution in [3.05, 3.63) is 51.2 Å². The lowest BCUT2D eigenvalue weighted by molar-refractivity contribution is 0.1000. The highest BCUT2D eigenvalue weighted by atomic mass is 35.5. The summed E-state index contributed by atoms with van der Waals surface area (Å²) in [4.78, 5) is 15.0. The number of halogens is 3. The third-order valence-electron chi connectivity index (χ3n) is 2.37. The summed E-state index contributed by atoms with van der Waals surface area (Å²) in [5, 5.41) is 0.942. The molecule has 2 aromatic rings. The second kappa shape index (κ2) is 5.14. The van der Waals surface area contributed by atoms with Crippen LogP contribution in [-0.2, 0) is 0 Å². The van der Waals surface area contributed by atoms with Gasteiger partial charge in [-0.05, 0) is 12.1 Å². The second-order valence-corrected chi connectivity index (χ2v) is 4.71. The zero-order valence-electron chi connectivity index (χ0n) is 8.95. The Bertz CT molecular complexity index is 629. The van der Waals surface area contributed by atoms with Gasteiger partial charge in [0.25, 0.3) is 0 Å². The van der Waals surface area contributed by atoms with E-state index >= 15 is 0 Å². The number of nitrogens with zero attached hydrogens (tertiary/aromatic N) is 1. The van der Waals surface area contributed by atoms with Crippen LogP contribution in [0, 0.1) is 0 Å². The Labute approximate surface area is 118 Å². The number of nitrogens with two attached hydrogens (primary N) is 1. The zero-order valence-corrected chi connectivity index (χ0v) is 11.2. The summed E-state index contributed by atoms with van der Waals surface area (Å²) in [6.07, 6.45) is 2.95. The molecule has 0 bridgehead atoms. The molecule has 0 aliphatic carbocycles. The highest BCUT2D eigenvalue weighted by Crippen LogP contribution is 2.37. The highest BCUT2D eigenvalue weighted by molar-refractivity contribution is 6.49.